The van der Waals surface area contributed by atoms with Crippen LogP contribution in [0.2, 0.25) is 0 Å². The summed E-state index contributed by atoms with van der Waals surface area (Å²) in [6, 6.07) is 27.1. The molecule has 50 heavy (non-hydrogen) atoms. The molecule has 2 amide bonds. The van der Waals surface area contributed by atoms with Gasteiger partial charge in [-0.05, 0) is 127 Å². The first kappa shape index (κ1) is 35.1. The molecule has 0 saturated carbocycles. The number of carbonyl (C=O) groups is 2. The maximum atomic E-state index is 13.6. The van der Waals surface area contributed by atoms with E-state index in [0.717, 1.165) is 71.1 Å². The van der Waals surface area contributed by atoms with E-state index in [1.54, 1.807) is 36.7 Å². The van der Waals surface area contributed by atoms with Gasteiger partial charge in [0.1, 0.15) is 5.75 Å². The number of hydrogen-bond acceptors (Lipinski definition) is 5. The first-order valence-electron chi connectivity index (χ1n) is 18.3. The third kappa shape index (κ3) is 10.1. The lowest BCUT2D eigenvalue weighted by molar-refractivity contribution is -0.126. The third-order valence-corrected chi connectivity index (χ3v) is 10.3. The van der Waals surface area contributed by atoms with Crippen LogP contribution in [-0.4, -0.2) is 64.4 Å². The van der Waals surface area contributed by atoms with Crippen LogP contribution in [0, 0.1) is 11.8 Å². The summed E-state index contributed by atoms with van der Waals surface area (Å²) >= 11 is 0. The van der Waals surface area contributed by atoms with Crippen LogP contribution in [0.25, 0.3) is 17.2 Å². The molecule has 3 aromatic carbocycles. The molecular formula is C43H50N4O3. The van der Waals surface area contributed by atoms with Crippen LogP contribution in [-0.2, 0) is 17.8 Å². The van der Waals surface area contributed by atoms with E-state index >= 15 is 0 Å². The molecule has 7 heteroatoms. The van der Waals surface area contributed by atoms with Gasteiger partial charge in [-0.15, -0.1) is 0 Å². The van der Waals surface area contributed by atoms with Crippen molar-refractivity contribution in [3.05, 3.63) is 126 Å². The number of aromatic nitrogens is 1. The van der Waals surface area contributed by atoms with Gasteiger partial charge in [0.25, 0.3) is 5.91 Å². The summed E-state index contributed by atoms with van der Waals surface area (Å²) in [7, 11) is 0. The Bertz CT molecular complexity index is 1710. The van der Waals surface area contributed by atoms with Crippen molar-refractivity contribution in [2.45, 2.75) is 57.9 Å². The molecule has 0 unspecified atom stereocenters. The first-order valence-corrected chi connectivity index (χ1v) is 18.3. The number of nitrogens with zero attached hydrogens (tertiary/aromatic N) is 3. The number of benzene rings is 3. The number of phenols is 1. The SMILES string of the molecule is O=C(C=Cc1cccnc1)N(CCc1ccc(O)cc1)Cc1cccc(-c2cccc(C(=O)N3CCC(CCCC4CCNCC4)CC3)c2)c1. The Morgan fingerprint density at radius 3 is 2.30 bits per heavy atom. The Hall–Kier alpha value is -4.75. The molecule has 2 aliphatic rings. The fourth-order valence-corrected chi connectivity index (χ4v) is 7.32. The number of hydrogen-bond donors (Lipinski definition) is 2. The van der Waals surface area contributed by atoms with Crippen LogP contribution in [0.5, 0.6) is 5.75 Å². The summed E-state index contributed by atoms with van der Waals surface area (Å²) in [5.41, 5.74) is 5.65. The molecule has 4 aromatic rings. The summed E-state index contributed by atoms with van der Waals surface area (Å²) in [6.07, 6.45) is 16.3. The molecular weight excluding hydrogens is 620 g/mol. The maximum Gasteiger partial charge on any atom is 0.253 e. The Morgan fingerprint density at radius 1 is 0.840 bits per heavy atom. The molecule has 2 fully saturated rings. The van der Waals surface area contributed by atoms with E-state index in [1.807, 2.05) is 64.4 Å². The number of pyridine rings is 1. The lowest BCUT2D eigenvalue weighted by atomic mass is 9.87. The smallest absolute Gasteiger partial charge is 0.253 e. The van der Waals surface area contributed by atoms with Crippen molar-refractivity contribution in [1.29, 1.82) is 0 Å². The predicted octanol–water partition coefficient (Wildman–Crippen LogP) is 7.76. The van der Waals surface area contributed by atoms with Crippen molar-refractivity contribution in [1.82, 2.24) is 20.1 Å². The zero-order valence-electron chi connectivity index (χ0n) is 29.1. The minimum Gasteiger partial charge on any atom is -0.508 e. The molecule has 6 rings (SSSR count). The van der Waals surface area contributed by atoms with E-state index in [1.165, 1.54) is 45.2 Å². The number of phenolic OH excluding ortho intramolecular Hbond substituents is 1. The average Bonchev–Trinajstić information content (AvgIpc) is 3.17. The number of likely N-dealkylation sites (tertiary alicyclic amines) is 1. The van der Waals surface area contributed by atoms with E-state index in [-0.39, 0.29) is 17.6 Å². The van der Waals surface area contributed by atoms with E-state index < -0.39 is 0 Å². The highest BCUT2D eigenvalue weighted by atomic mass is 16.3. The molecule has 0 aliphatic carbocycles. The number of rotatable bonds is 13. The molecule has 2 aliphatic heterocycles. The Kier molecular flexibility index (Phi) is 12.5. The van der Waals surface area contributed by atoms with Gasteiger partial charge in [-0.1, -0.05) is 67.8 Å². The lowest BCUT2D eigenvalue weighted by Crippen LogP contribution is -2.38. The van der Waals surface area contributed by atoms with Gasteiger partial charge < -0.3 is 20.2 Å². The second-order valence-electron chi connectivity index (χ2n) is 13.9. The third-order valence-electron chi connectivity index (χ3n) is 10.3. The van der Waals surface area contributed by atoms with Crippen molar-refractivity contribution >= 4 is 17.9 Å². The molecule has 0 spiro atoms. The second-order valence-corrected chi connectivity index (χ2v) is 13.9. The Labute approximate surface area is 297 Å². The first-order chi connectivity index (χ1) is 24.5. The largest absolute Gasteiger partial charge is 0.508 e. The minimum atomic E-state index is -0.0869. The zero-order valence-corrected chi connectivity index (χ0v) is 29.1. The van der Waals surface area contributed by atoms with Gasteiger partial charge in [0, 0.05) is 50.2 Å². The van der Waals surface area contributed by atoms with Crippen LogP contribution in [0.4, 0.5) is 0 Å². The van der Waals surface area contributed by atoms with Crippen molar-refractivity contribution in [3.63, 3.8) is 0 Å². The van der Waals surface area contributed by atoms with Gasteiger partial charge in [0.2, 0.25) is 5.91 Å². The molecule has 0 bridgehead atoms. The van der Waals surface area contributed by atoms with Gasteiger partial charge in [-0.3, -0.25) is 14.6 Å². The van der Waals surface area contributed by atoms with Crippen LogP contribution in [0.15, 0.2) is 103 Å². The van der Waals surface area contributed by atoms with Crippen LogP contribution < -0.4 is 5.32 Å². The summed E-state index contributed by atoms with van der Waals surface area (Å²) in [5.74, 6) is 1.87. The molecule has 260 valence electrons. The molecule has 2 saturated heterocycles. The minimum absolute atomic E-state index is 0.0869. The topological polar surface area (TPSA) is 85.8 Å². The molecule has 3 heterocycles. The monoisotopic (exact) mass is 670 g/mol. The molecule has 2 N–H and O–H groups in total. The average molecular weight is 671 g/mol. The highest BCUT2D eigenvalue weighted by Gasteiger charge is 2.24. The number of aromatic hydroxyl groups is 1. The Morgan fingerprint density at radius 2 is 1.56 bits per heavy atom. The van der Waals surface area contributed by atoms with Crippen LogP contribution >= 0.6 is 0 Å². The van der Waals surface area contributed by atoms with E-state index in [2.05, 4.69) is 28.5 Å². The summed E-state index contributed by atoms with van der Waals surface area (Å²) < 4.78 is 0. The second kappa shape index (κ2) is 17.8. The van der Waals surface area contributed by atoms with Crippen molar-refractivity contribution in [2.24, 2.45) is 11.8 Å². The van der Waals surface area contributed by atoms with Crippen LogP contribution in [0.1, 0.15) is 72.0 Å². The van der Waals surface area contributed by atoms with Gasteiger partial charge in [0.15, 0.2) is 0 Å². The molecule has 1 aromatic heterocycles. The summed E-state index contributed by atoms with van der Waals surface area (Å²) in [6.45, 7) is 4.97. The predicted molar refractivity (Wildman–Crippen MR) is 200 cm³/mol. The highest BCUT2D eigenvalue weighted by molar-refractivity contribution is 5.95. The van der Waals surface area contributed by atoms with Gasteiger partial charge >= 0.3 is 0 Å². The number of amides is 2. The fourth-order valence-electron chi connectivity index (χ4n) is 7.32. The van der Waals surface area contributed by atoms with E-state index in [4.69, 9.17) is 0 Å². The maximum absolute atomic E-state index is 13.6. The van der Waals surface area contributed by atoms with Crippen molar-refractivity contribution < 1.29 is 14.7 Å². The van der Waals surface area contributed by atoms with Gasteiger partial charge in [-0.25, -0.2) is 0 Å². The van der Waals surface area contributed by atoms with Crippen molar-refractivity contribution in [2.75, 3.05) is 32.7 Å². The number of piperidine rings is 2. The lowest BCUT2D eigenvalue weighted by Gasteiger charge is -2.32. The van der Waals surface area contributed by atoms with Crippen LogP contribution in [0.3, 0.4) is 0 Å². The quantitative estimate of drug-likeness (QED) is 0.142. The summed E-state index contributed by atoms with van der Waals surface area (Å²) in [4.78, 5) is 35.1. The standard InChI is InChI=1S/C43H50N4O3/c48-41-15-12-35(13-16-41)22-28-47(42(49)17-14-36-8-4-23-45-31-36)32-37-7-2-9-38(29-37)39-10-3-11-40(30-39)43(50)46-26-20-34(21-27-46)6-1-5-33-18-24-44-25-19-33/h2-4,7-17,23,29-31,33-34,44,48H,1,5-6,18-22,24-28,32H2. The van der Waals surface area contributed by atoms with Gasteiger partial charge in [-0.2, -0.15) is 0 Å². The number of nitrogens with one attached hydrogen (secondary N) is 1. The highest BCUT2D eigenvalue weighted by Crippen LogP contribution is 2.28. The fraction of sp³-hybridized carbons (Fsp3) is 0.372. The van der Waals surface area contributed by atoms with Gasteiger partial charge in [0.05, 0.1) is 0 Å². The Balaban J connectivity index is 1.08. The van der Waals surface area contributed by atoms with E-state index in [9.17, 15) is 14.7 Å². The van der Waals surface area contributed by atoms with Crippen molar-refractivity contribution in [3.8, 4) is 16.9 Å². The number of carbonyl (C=O) groups excluding carboxylic acids is 2. The molecule has 7 nitrogen and oxygen atoms in total. The summed E-state index contributed by atoms with van der Waals surface area (Å²) in [5, 5.41) is 13.2. The van der Waals surface area contributed by atoms with E-state index in [0.29, 0.717) is 19.5 Å². The molecule has 0 radical (unpaired) electrons. The zero-order chi connectivity index (χ0) is 34.5. The molecule has 0 atom stereocenters. The normalized spacial score (nSPS) is 15.7.